The van der Waals surface area contributed by atoms with Crippen molar-refractivity contribution in [1.82, 2.24) is 14.8 Å². The van der Waals surface area contributed by atoms with Crippen molar-refractivity contribution in [2.24, 2.45) is 0 Å². The van der Waals surface area contributed by atoms with Crippen LogP contribution in [0.2, 0.25) is 0 Å². The van der Waals surface area contributed by atoms with E-state index in [4.69, 9.17) is 0 Å². The van der Waals surface area contributed by atoms with E-state index in [9.17, 15) is 14.4 Å². The third-order valence-corrected chi connectivity index (χ3v) is 4.44. The lowest BCUT2D eigenvalue weighted by Gasteiger charge is -2.18. The molecule has 1 N–H and O–H groups in total. The smallest absolute Gasteiger partial charge is 0.294 e. The summed E-state index contributed by atoms with van der Waals surface area (Å²) in [5, 5.41) is -0.384. The number of carbonyl (C=O) groups is 3. The lowest BCUT2D eigenvalue weighted by Crippen LogP contribution is -2.40. The number of H-pyrrole nitrogens is 1. The van der Waals surface area contributed by atoms with Gasteiger partial charge in [-0.05, 0) is 42.8 Å². The highest BCUT2D eigenvalue weighted by Gasteiger charge is 2.37. The number of carbonyl (C=O) groups excluding carboxylic acids is 3. The summed E-state index contributed by atoms with van der Waals surface area (Å²) in [7, 11) is 0. The van der Waals surface area contributed by atoms with Crippen molar-refractivity contribution in [2.45, 2.75) is 12.8 Å². The first-order valence-corrected chi connectivity index (χ1v) is 7.63. The van der Waals surface area contributed by atoms with Crippen LogP contribution >= 0.6 is 11.8 Å². The zero-order valence-corrected chi connectivity index (χ0v) is 12.2. The molecular weight excluding hydrogens is 290 g/mol. The number of hydrogen-bond acceptors (Lipinski definition) is 4. The van der Waals surface area contributed by atoms with E-state index in [-0.39, 0.29) is 17.7 Å². The maximum Gasteiger partial charge on any atom is 0.294 e. The Morgan fingerprint density at radius 1 is 1.33 bits per heavy atom. The van der Waals surface area contributed by atoms with Crippen molar-refractivity contribution >= 4 is 34.9 Å². The summed E-state index contributed by atoms with van der Waals surface area (Å²) >= 11 is 0.872. The summed E-state index contributed by atoms with van der Waals surface area (Å²) < 4.78 is 0. The fourth-order valence-corrected chi connectivity index (χ4v) is 3.24. The molecule has 0 saturated carbocycles. The van der Waals surface area contributed by atoms with E-state index in [1.165, 1.54) is 0 Å². The van der Waals surface area contributed by atoms with Gasteiger partial charge in [0.1, 0.15) is 6.54 Å². The summed E-state index contributed by atoms with van der Waals surface area (Å²) in [6.07, 6.45) is 5.35. The topological polar surface area (TPSA) is 73.5 Å². The minimum Gasteiger partial charge on any atom is -0.362 e. The van der Waals surface area contributed by atoms with Crippen LogP contribution in [0.4, 0.5) is 4.79 Å². The predicted molar refractivity (Wildman–Crippen MR) is 79.3 cm³/mol. The molecule has 3 rings (SSSR count). The molecule has 21 heavy (non-hydrogen) atoms. The van der Waals surface area contributed by atoms with Crippen molar-refractivity contribution < 1.29 is 14.4 Å². The molecule has 0 unspecified atom stereocenters. The molecular formula is C14H15N3O3S. The molecule has 0 atom stereocenters. The number of nitrogens with zero attached hydrogens (tertiary/aromatic N) is 2. The van der Waals surface area contributed by atoms with E-state index in [0.717, 1.165) is 35.2 Å². The minimum absolute atomic E-state index is 0.157. The molecule has 0 aliphatic carbocycles. The van der Waals surface area contributed by atoms with E-state index < -0.39 is 5.91 Å². The first-order valence-electron chi connectivity index (χ1n) is 6.82. The number of aromatic amines is 1. The van der Waals surface area contributed by atoms with E-state index in [1.54, 1.807) is 17.2 Å². The quantitative estimate of drug-likeness (QED) is 0.862. The van der Waals surface area contributed by atoms with Crippen molar-refractivity contribution in [3.63, 3.8) is 0 Å². The lowest BCUT2D eigenvalue weighted by atomic mass is 10.3. The van der Waals surface area contributed by atoms with Gasteiger partial charge < -0.3 is 9.88 Å². The Balaban J connectivity index is 1.70. The van der Waals surface area contributed by atoms with Crippen molar-refractivity contribution in [3.05, 3.63) is 28.9 Å². The molecule has 110 valence electrons. The first kappa shape index (κ1) is 13.9. The van der Waals surface area contributed by atoms with Gasteiger partial charge in [0.2, 0.25) is 5.91 Å². The Bertz CT molecular complexity index is 603. The second-order valence-corrected chi connectivity index (χ2v) is 5.97. The number of rotatable bonds is 3. The SMILES string of the molecule is O=C(CN1C(=O)S/C(=C\c2ccc[nH]2)C1=O)N1CCCC1. The minimum atomic E-state index is -0.396. The second kappa shape index (κ2) is 5.77. The Morgan fingerprint density at radius 3 is 2.76 bits per heavy atom. The third kappa shape index (κ3) is 2.87. The molecule has 1 aromatic rings. The van der Waals surface area contributed by atoms with Crippen molar-refractivity contribution in [1.29, 1.82) is 0 Å². The van der Waals surface area contributed by atoms with E-state index in [2.05, 4.69) is 4.98 Å². The molecule has 2 saturated heterocycles. The summed E-state index contributed by atoms with van der Waals surface area (Å²) in [4.78, 5) is 42.2. The van der Waals surface area contributed by atoms with Crippen LogP contribution in [-0.2, 0) is 9.59 Å². The normalized spacial score (nSPS) is 20.9. The molecule has 2 fully saturated rings. The van der Waals surface area contributed by atoms with Crippen LogP contribution in [-0.4, -0.2) is 51.5 Å². The van der Waals surface area contributed by atoms with Gasteiger partial charge in [-0.1, -0.05) is 0 Å². The number of imide groups is 1. The number of likely N-dealkylation sites (tertiary alicyclic amines) is 1. The average molecular weight is 305 g/mol. The largest absolute Gasteiger partial charge is 0.362 e. The summed E-state index contributed by atoms with van der Waals surface area (Å²) in [6, 6.07) is 3.62. The number of aromatic nitrogens is 1. The molecule has 3 heterocycles. The number of nitrogens with one attached hydrogen (secondary N) is 1. The van der Waals surface area contributed by atoms with Gasteiger partial charge in [0.15, 0.2) is 0 Å². The third-order valence-electron chi connectivity index (χ3n) is 3.53. The lowest BCUT2D eigenvalue weighted by molar-refractivity contribution is -0.135. The maximum atomic E-state index is 12.2. The number of hydrogen-bond donors (Lipinski definition) is 1. The van der Waals surface area contributed by atoms with Crippen LogP contribution in [0.25, 0.3) is 6.08 Å². The summed E-state index contributed by atoms with van der Waals surface area (Å²) in [5.74, 6) is -0.553. The molecule has 2 aliphatic rings. The fourth-order valence-electron chi connectivity index (χ4n) is 2.41. The van der Waals surface area contributed by atoms with Crippen LogP contribution in [0.3, 0.4) is 0 Å². The number of thioether (sulfide) groups is 1. The highest BCUT2D eigenvalue weighted by Crippen LogP contribution is 2.31. The molecule has 0 aromatic carbocycles. The molecule has 3 amide bonds. The highest BCUT2D eigenvalue weighted by atomic mass is 32.2. The highest BCUT2D eigenvalue weighted by molar-refractivity contribution is 8.18. The Labute approximate surface area is 126 Å². The summed E-state index contributed by atoms with van der Waals surface area (Å²) in [6.45, 7) is 1.27. The van der Waals surface area contributed by atoms with Gasteiger partial charge in [0, 0.05) is 25.0 Å². The van der Waals surface area contributed by atoms with E-state index in [0.29, 0.717) is 18.0 Å². The van der Waals surface area contributed by atoms with Crippen LogP contribution in [0.5, 0.6) is 0 Å². The summed E-state index contributed by atoms with van der Waals surface area (Å²) in [5.41, 5.74) is 0.756. The van der Waals surface area contributed by atoms with E-state index in [1.807, 2.05) is 12.1 Å². The van der Waals surface area contributed by atoms with Gasteiger partial charge in [-0.2, -0.15) is 0 Å². The van der Waals surface area contributed by atoms with Crippen molar-refractivity contribution in [2.75, 3.05) is 19.6 Å². The van der Waals surface area contributed by atoms with Crippen molar-refractivity contribution in [3.8, 4) is 0 Å². The predicted octanol–water partition coefficient (Wildman–Crippen LogP) is 1.67. The molecule has 0 spiro atoms. The Hall–Kier alpha value is -2.02. The monoisotopic (exact) mass is 305 g/mol. The van der Waals surface area contributed by atoms with Gasteiger partial charge in [-0.3, -0.25) is 19.3 Å². The van der Waals surface area contributed by atoms with Crippen LogP contribution in [0.15, 0.2) is 23.2 Å². The molecule has 0 bridgehead atoms. The van der Waals surface area contributed by atoms with Gasteiger partial charge in [-0.25, -0.2) is 0 Å². The Morgan fingerprint density at radius 2 is 2.10 bits per heavy atom. The zero-order chi connectivity index (χ0) is 14.8. The van der Waals surface area contributed by atoms with Gasteiger partial charge >= 0.3 is 0 Å². The van der Waals surface area contributed by atoms with Crippen LogP contribution in [0.1, 0.15) is 18.5 Å². The van der Waals surface area contributed by atoms with Crippen LogP contribution < -0.4 is 0 Å². The second-order valence-electron chi connectivity index (χ2n) is 4.98. The van der Waals surface area contributed by atoms with E-state index >= 15 is 0 Å². The van der Waals surface area contributed by atoms with Gasteiger partial charge in [0.05, 0.1) is 4.91 Å². The van der Waals surface area contributed by atoms with Crippen LogP contribution in [0, 0.1) is 0 Å². The molecule has 0 radical (unpaired) electrons. The number of amides is 3. The zero-order valence-electron chi connectivity index (χ0n) is 11.4. The molecule has 2 aliphatic heterocycles. The Kier molecular flexibility index (Phi) is 3.83. The molecule has 1 aromatic heterocycles. The fraction of sp³-hybridized carbons (Fsp3) is 0.357. The molecule has 6 nitrogen and oxygen atoms in total. The molecule has 7 heteroatoms. The average Bonchev–Trinajstić information content (AvgIpc) is 3.18. The van der Waals surface area contributed by atoms with Gasteiger partial charge in [0.25, 0.3) is 11.1 Å². The van der Waals surface area contributed by atoms with Gasteiger partial charge in [-0.15, -0.1) is 0 Å². The maximum absolute atomic E-state index is 12.2. The first-order chi connectivity index (χ1) is 10.1. The standard InChI is InChI=1S/C14H15N3O3S/c18-12(16-6-1-2-7-16)9-17-13(19)11(21-14(17)20)8-10-4-3-5-15-10/h3-5,8,15H,1-2,6-7,9H2/b11-8-.